The number of carboxylic acid groups (broad SMARTS) is 1. The average molecular weight is 466 g/mol. The van der Waals surface area contributed by atoms with Crippen molar-refractivity contribution in [2.24, 2.45) is 0 Å². The molecule has 0 spiro atoms. The van der Waals surface area contributed by atoms with Crippen LogP contribution in [0.2, 0.25) is 0 Å². The lowest BCUT2D eigenvalue weighted by atomic mass is 10.0. The maximum absolute atomic E-state index is 12.9. The third-order valence-corrected chi connectivity index (χ3v) is 6.23. The minimum absolute atomic E-state index is 0.208. The topological polar surface area (TPSA) is 125 Å². The molecule has 178 valence electrons. The fourth-order valence-electron chi connectivity index (χ4n) is 4.01. The van der Waals surface area contributed by atoms with Gasteiger partial charge < -0.3 is 14.7 Å². The number of benzene rings is 2. The summed E-state index contributed by atoms with van der Waals surface area (Å²) in [6.07, 6.45) is 0.518. The van der Waals surface area contributed by atoms with E-state index in [0.717, 1.165) is 16.7 Å². The van der Waals surface area contributed by atoms with Crippen LogP contribution >= 0.6 is 0 Å². The van der Waals surface area contributed by atoms with E-state index < -0.39 is 23.5 Å². The third kappa shape index (κ3) is 4.79. The van der Waals surface area contributed by atoms with Crippen LogP contribution in [0.15, 0.2) is 42.5 Å². The van der Waals surface area contributed by atoms with Crippen LogP contribution in [-0.2, 0) is 34.1 Å². The Labute approximate surface area is 197 Å². The summed E-state index contributed by atoms with van der Waals surface area (Å²) in [5, 5.41) is 14.5. The Bertz CT molecular complexity index is 1140. The number of carbonyl (C=O) groups excluding carboxylic acids is 3. The second-order valence-corrected chi connectivity index (χ2v) is 9.07. The van der Waals surface area contributed by atoms with E-state index in [1.165, 1.54) is 4.90 Å². The summed E-state index contributed by atoms with van der Waals surface area (Å²) in [5.74, 6) is -1.34. The highest BCUT2D eigenvalue weighted by Crippen LogP contribution is 2.33. The molecule has 1 fully saturated rings. The zero-order chi connectivity index (χ0) is 24.5. The molecule has 9 nitrogen and oxygen atoms in total. The summed E-state index contributed by atoms with van der Waals surface area (Å²) in [4.78, 5) is 49.4. The molecule has 0 radical (unpaired) electrons. The molecule has 2 aromatic carbocycles. The second kappa shape index (κ2) is 9.26. The van der Waals surface area contributed by atoms with Crippen LogP contribution in [0.1, 0.15) is 53.7 Å². The lowest BCUT2D eigenvalue weighted by Crippen LogP contribution is -2.52. The van der Waals surface area contributed by atoms with Crippen molar-refractivity contribution in [3.8, 4) is 5.75 Å². The molecular weight excluding hydrogens is 438 g/mol. The molecule has 2 aromatic rings. The average Bonchev–Trinajstić information content (AvgIpc) is 3.14. The van der Waals surface area contributed by atoms with Crippen molar-refractivity contribution < 1.29 is 29.0 Å². The molecule has 0 bridgehead atoms. The van der Waals surface area contributed by atoms with Gasteiger partial charge >= 0.3 is 5.97 Å². The number of carbonyl (C=O) groups is 4. The minimum atomic E-state index is -1.02. The maximum Gasteiger partial charge on any atom is 0.323 e. The van der Waals surface area contributed by atoms with Crippen molar-refractivity contribution in [3.63, 3.8) is 0 Å². The lowest BCUT2D eigenvalue weighted by Gasteiger charge is -2.29. The summed E-state index contributed by atoms with van der Waals surface area (Å²) in [6.45, 7) is 4.19. The molecule has 3 N–H and O–H groups in total. The molecule has 2 aliphatic rings. The Morgan fingerprint density at radius 1 is 1.15 bits per heavy atom. The smallest absolute Gasteiger partial charge is 0.323 e. The largest absolute Gasteiger partial charge is 0.489 e. The van der Waals surface area contributed by atoms with E-state index in [4.69, 9.17) is 4.74 Å². The van der Waals surface area contributed by atoms with Crippen molar-refractivity contribution in [1.82, 2.24) is 15.5 Å². The molecule has 1 unspecified atom stereocenters. The number of fused-ring (bicyclic) bond motifs is 1. The highest BCUT2D eigenvalue weighted by molar-refractivity contribution is 6.05. The van der Waals surface area contributed by atoms with Gasteiger partial charge in [-0.15, -0.1) is 0 Å². The Balaban J connectivity index is 1.40. The van der Waals surface area contributed by atoms with Gasteiger partial charge in [-0.25, -0.2) is 0 Å². The summed E-state index contributed by atoms with van der Waals surface area (Å²) in [6, 6.07) is 12.2. The Kier molecular flexibility index (Phi) is 6.39. The second-order valence-electron chi connectivity index (χ2n) is 9.07. The molecule has 0 saturated carbocycles. The lowest BCUT2D eigenvalue weighted by molar-refractivity contribution is -0.143. The van der Waals surface area contributed by atoms with Crippen LogP contribution in [0.5, 0.6) is 5.75 Å². The fraction of sp³-hybridized carbons (Fsp3) is 0.360. The van der Waals surface area contributed by atoms with Gasteiger partial charge in [0.05, 0.1) is 6.54 Å². The molecule has 9 heteroatoms. The number of aliphatic carboxylic acids is 1. The number of rotatable bonds is 8. The van der Waals surface area contributed by atoms with Crippen molar-refractivity contribution in [2.75, 3.05) is 0 Å². The van der Waals surface area contributed by atoms with Crippen LogP contribution in [0, 0.1) is 0 Å². The van der Waals surface area contributed by atoms with Gasteiger partial charge in [0.1, 0.15) is 23.9 Å². The molecule has 34 heavy (non-hydrogen) atoms. The van der Waals surface area contributed by atoms with Crippen molar-refractivity contribution >= 4 is 23.7 Å². The molecule has 1 saturated heterocycles. The van der Waals surface area contributed by atoms with Crippen molar-refractivity contribution in [3.05, 3.63) is 64.7 Å². The number of piperidine rings is 1. The Hall–Kier alpha value is -3.72. The zero-order valence-electron chi connectivity index (χ0n) is 19.1. The summed E-state index contributed by atoms with van der Waals surface area (Å²) in [7, 11) is 0. The van der Waals surface area contributed by atoms with Gasteiger partial charge in [0.25, 0.3) is 5.91 Å². The van der Waals surface area contributed by atoms with E-state index in [0.29, 0.717) is 24.3 Å². The van der Waals surface area contributed by atoms with Gasteiger partial charge in [-0.3, -0.25) is 29.8 Å². The summed E-state index contributed by atoms with van der Waals surface area (Å²) in [5.41, 5.74) is 2.09. The third-order valence-electron chi connectivity index (χ3n) is 6.23. The predicted molar refractivity (Wildman–Crippen MR) is 122 cm³/mol. The number of amides is 3. The number of nitrogens with zero attached hydrogens (tertiary/aromatic N) is 1. The molecule has 1 atom stereocenters. The Morgan fingerprint density at radius 2 is 1.85 bits per heavy atom. The number of ether oxygens (including phenoxy) is 1. The minimum Gasteiger partial charge on any atom is -0.489 e. The summed E-state index contributed by atoms with van der Waals surface area (Å²) >= 11 is 0. The molecule has 0 aromatic heterocycles. The van der Waals surface area contributed by atoms with Gasteiger partial charge in [-0.2, -0.15) is 0 Å². The molecule has 3 amide bonds. The van der Waals surface area contributed by atoms with Crippen LogP contribution in [0.25, 0.3) is 0 Å². The van der Waals surface area contributed by atoms with E-state index >= 15 is 0 Å². The standard InChI is InChI=1S/C25H27N3O6/c1-25(2,24(32)33)26-12-15-6-8-16(9-7-15)14-34-20-5-3-4-17-18(20)13-28(23(17)31)19-10-11-21(29)27-22(19)30/h3-9,19,26H,10-14H2,1-2H3,(H,32,33)(H,27,29,30). The highest BCUT2D eigenvalue weighted by atomic mass is 16.5. The van der Waals surface area contributed by atoms with Gasteiger partial charge in [0.2, 0.25) is 11.8 Å². The van der Waals surface area contributed by atoms with Crippen LogP contribution < -0.4 is 15.4 Å². The maximum atomic E-state index is 12.9. The Morgan fingerprint density at radius 3 is 2.53 bits per heavy atom. The fourth-order valence-corrected chi connectivity index (χ4v) is 4.01. The number of hydrogen-bond acceptors (Lipinski definition) is 6. The first kappa shape index (κ1) is 23.4. The summed E-state index contributed by atoms with van der Waals surface area (Å²) < 4.78 is 6.02. The number of nitrogens with one attached hydrogen (secondary N) is 2. The van der Waals surface area contributed by atoms with Crippen molar-refractivity contribution in [2.45, 2.75) is 58.0 Å². The van der Waals surface area contributed by atoms with Crippen LogP contribution in [-0.4, -0.2) is 45.3 Å². The molecular formula is C25H27N3O6. The molecule has 2 aliphatic heterocycles. The van der Waals surface area contributed by atoms with Crippen LogP contribution in [0.4, 0.5) is 0 Å². The SMILES string of the molecule is CC(C)(NCc1ccc(COc2cccc3c2CN(C2CCC(=O)NC2=O)C3=O)cc1)C(=O)O. The first-order valence-electron chi connectivity index (χ1n) is 11.1. The normalized spacial score (nSPS) is 18.0. The van der Waals surface area contributed by atoms with E-state index in [9.17, 15) is 24.3 Å². The first-order chi connectivity index (χ1) is 16.2. The first-order valence-corrected chi connectivity index (χ1v) is 11.1. The van der Waals surface area contributed by atoms with E-state index in [1.54, 1.807) is 32.0 Å². The van der Waals surface area contributed by atoms with E-state index in [-0.39, 0.29) is 31.4 Å². The van der Waals surface area contributed by atoms with Crippen molar-refractivity contribution in [1.29, 1.82) is 0 Å². The monoisotopic (exact) mass is 465 g/mol. The van der Waals surface area contributed by atoms with Gasteiger partial charge in [0.15, 0.2) is 0 Å². The zero-order valence-corrected chi connectivity index (χ0v) is 19.1. The number of hydrogen-bond donors (Lipinski definition) is 3. The number of carboxylic acids is 1. The van der Waals surface area contributed by atoms with Gasteiger partial charge in [0, 0.05) is 24.1 Å². The molecule has 2 heterocycles. The number of imide groups is 1. The van der Waals surface area contributed by atoms with Gasteiger partial charge in [-0.05, 0) is 43.5 Å². The van der Waals surface area contributed by atoms with E-state index in [2.05, 4.69) is 10.6 Å². The van der Waals surface area contributed by atoms with E-state index in [1.807, 2.05) is 24.3 Å². The predicted octanol–water partition coefficient (Wildman–Crippen LogP) is 1.98. The molecule has 4 rings (SSSR count). The van der Waals surface area contributed by atoms with Gasteiger partial charge in [-0.1, -0.05) is 30.3 Å². The van der Waals surface area contributed by atoms with Crippen LogP contribution in [0.3, 0.4) is 0 Å². The highest BCUT2D eigenvalue weighted by Gasteiger charge is 2.40. The quantitative estimate of drug-likeness (QED) is 0.509. The molecule has 0 aliphatic carbocycles.